The Hall–Kier alpha value is -2.62. The highest BCUT2D eigenvalue weighted by Gasteiger charge is 2.51. The molecular formula is C20H27N7. The number of nitrogens with zero attached hydrogens (tertiary/aromatic N) is 5. The zero-order chi connectivity index (χ0) is 19.0. The molecule has 3 aliphatic heterocycles. The van der Waals surface area contributed by atoms with Crippen molar-refractivity contribution in [1.82, 2.24) is 10.3 Å². The lowest BCUT2D eigenvalue weighted by atomic mass is 9.69. The van der Waals surface area contributed by atoms with Crippen LogP contribution in [0.15, 0.2) is 39.1 Å². The van der Waals surface area contributed by atoms with Crippen LogP contribution in [0.2, 0.25) is 0 Å². The molecule has 27 heavy (non-hydrogen) atoms. The van der Waals surface area contributed by atoms with E-state index < -0.39 is 0 Å². The van der Waals surface area contributed by atoms with Gasteiger partial charge in [-0.15, -0.1) is 0 Å². The molecule has 0 aromatic rings. The van der Waals surface area contributed by atoms with Gasteiger partial charge in [0.1, 0.15) is 11.7 Å². The summed E-state index contributed by atoms with van der Waals surface area (Å²) >= 11 is 0. The van der Waals surface area contributed by atoms with Gasteiger partial charge in [-0.05, 0) is 12.3 Å². The Labute approximate surface area is 160 Å². The van der Waals surface area contributed by atoms with Gasteiger partial charge in [0, 0.05) is 23.9 Å². The van der Waals surface area contributed by atoms with Crippen LogP contribution in [-0.2, 0) is 0 Å². The summed E-state index contributed by atoms with van der Waals surface area (Å²) in [5.41, 5.74) is 7.53. The van der Waals surface area contributed by atoms with Crippen LogP contribution < -0.4 is 11.1 Å². The minimum absolute atomic E-state index is 0.0973. The van der Waals surface area contributed by atoms with Crippen LogP contribution in [0.25, 0.3) is 0 Å². The predicted molar refractivity (Wildman–Crippen MR) is 107 cm³/mol. The van der Waals surface area contributed by atoms with Crippen molar-refractivity contribution in [2.24, 2.45) is 44.5 Å². The summed E-state index contributed by atoms with van der Waals surface area (Å²) < 4.78 is 0. The fraction of sp³-hybridized carbons (Fsp3) is 0.600. The highest BCUT2D eigenvalue weighted by atomic mass is 15.5. The van der Waals surface area contributed by atoms with E-state index in [-0.39, 0.29) is 29.8 Å². The van der Waals surface area contributed by atoms with Crippen LogP contribution >= 0.6 is 0 Å². The van der Waals surface area contributed by atoms with Crippen molar-refractivity contribution in [2.45, 2.75) is 51.6 Å². The first-order valence-electron chi connectivity index (χ1n) is 9.94. The Bertz CT molecular complexity index is 785. The van der Waals surface area contributed by atoms with Gasteiger partial charge in [-0.3, -0.25) is 5.01 Å². The average Bonchev–Trinajstić information content (AvgIpc) is 3.21. The molecule has 4 unspecified atom stereocenters. The fourth-order valence-electron chi connectivity index (χ4n) is 4.88. The Morgan fingerprint density at radius 2 is 2.26 bits per heavy atom. The van der Waals surface area contributed by atoms with Gasteiger partial charge in [-0.2, -0.15) is 10.4 Å². The molecule has 1 aliphatic carbocycles. The summed E-state index contributed by atoms with van der Waals surface area (Å²) in [6.45, 7) is 4.39. The van der Waals surface area contributed by atoms with Gasteiger partial charge in [0.15, 0.2) is 0 Å². The van der Waals surface area contributed by atoms with Crippen molar-refractivity contribution >= 4 is 18.0 Å². The van der Waals surface area contributed by atoms with Crippen LogP contribution in [0.4, 0.5) is 0 Å². The van der Waals surface area contributed by atoms with E-state index >= 15 is 0 Å². The van der Waals surface area contributed by atoms with Crippen molar-refractivity contribution in [3.63, 3.8) is 0 Å². The van der Waals surface area contributed by atoms with Crippen molar-refractivity contribution in [1.29, 1.82) is 5.26 Å². The largest absolute Gasteiger partial charge is 0.385 e. The molecule has 0 aromatic carbocycles. The standard InChI is InChI=1S/C20H27N7/c1-3-5-12(4-2)15(6-8-21)27-16-10-14(17(16)19(22)26-27)18-13-7-9-23-20(13)25-11-24-18/h7,9-15,17-18H,3-6H2,1-2H3,(H2,22,26)(H,23,24,25)/t12?,13-,14?,15+,17?,18?/m0/s1. The maximum Gasteiger partial charge on any atom is 0.138 e. The van der Waals surface area contributed by atoms with E-state index in [0.29, 0.717) is 18.2 Å². The van der Waals surface area contributed by atoms with E-state index in [1.807, 2.05) is 6.20 Å². The Balaban J connectivity index is 1.57. The molecule has 7 heteroatoms. The third-order valence-corrected chi connectivity index (χ3v) is 6.28. The van der Waals surface area contributed by atoms with E-state index in [1.165, 1.54) is 0 Å². The normalized spacial score (nSPS) is 32.3. The zero-order valence-corrected chi connectivity index (χ0v) is 15.9. The lowest BCUT2D eigenvalue weighted by molar-refractivity contribution is 0.160. The molecule has 0 saturated heterocycles. The summed E-state index contributed by atoms with van der Waals surface area (Å²) in [6.07, 6.45) is 11.7. The van der Waals surface area contributed by atoms with E-state index in [1.54, 1.807) is 6.34 Å². The van der Waals surface area contributed by atoms with Crippen molar-refractivity contribution < 1.29 is 0 Å². The van der Waals surface area contributed by atoms with E-state index in [0.717, 1.165) is 30.8 Å². The summed E-state index contributed by atoms with van der Waals surface area (Å²) in [7, 11) is 0. The lowest BCUT2D eigenvalue weighted by Crippen LogP contribution is -2.53. The number of aliphatic imine (C=N–C) groups is 2. The predicted octanol–water partition coefficient (Wildman–Crippen LogP) is 2.35. The van der Waals surface area contributed by atoms with Gasteiger partial charge in [-0.1, -0.05) is 38.8 Å². The molecule has 0 spiro atoms. The second kappa shape index (κ2) is 7.18. The van der Waals surface area contributed by atoms with Crippen LogP contribution in [0.1, 0.15) is 39.5 Å². The number of nitriles is 1. The summed E-state index contributed by atoms with van der Waals surface area (Å²) in [5.74, 6) is 2.52. The summed E-state index contributed by atoms with van der Waals surface area (Å²) in [4.78, 5) is 8.68. The third-order valence-electron chi connectivity index (χ3n) is 6.28. The topological polar surface area (TPSA) is 102 Å². The first kappa shape index (κ1) is 17.8. The number of fused-ring (bicyclic) bond motifs is 2. The second-order valence-electron chi connectivity index (χ2n) is 7.71. The summed E-state index contributed by atoms with van der Waals surface area (Å²) in [6, 6.07) is 2.65. The van der Waals surface area contributed by atoms with Gasteiger partial charge in [0.05, 0.1) is 36.7 Å². The maximum atomic E-state index is 9.38. The highest BCUT2D eigenvalue weighted by Crippen LogP contribution is 2.47. The van der Waals surface area contributed by atoms with Gasteiger partial charge >= 0.3 is 0 Å². The van der Waals surface area contributed by atoms with E-state index in [9.17, 15) is 5.26 Å². The molecule has 6 atom stereocenters. The molecule has 4 aliphatic rings. The zero-order valence-electron chi connectivity index (χ0n) is 15.9. The van der Waals surface area contributed by atoms with E-state index in [4.69, 9.17) is 10.8 Å². The SMILES string of the molecule is CCCC(CC)[C@@H](CC#N)N1N=C(N)C2C1=CC2C1NC=NC2=NC=C[C@H]21. The minimum Gasteiger partial charge on any atom is -0.385 e. The van der Waals surface area contributed by atoms with Gasteiger partial charge < -0.3 is 11.1 Å². The average molecular weight is 365 g/mol. The number of amidine groups is 2. The second-order valence-corrected chi connectivity index (χ2v) is 7.71. The van der Waals surface area contributed by atoms with Crippen LogP contribution in [-0.4, -0.2) is 35.1 Å². The van der Waals surface area contributed by atoms with Crippen LogP contribution in [0.3, 0.4) is 0 Å². The summed E-state index contributed by atoms with van der Waals surface area (Å²) in [5, 5.41) is 19.6. The van der Waals surface area contributed by atoms with Crippen molar-refractivity contribution in [3.8, 4) is 6.07 Å². The van der Waals surface area contributed by atoms with Crippen LogP contribution in [0, 0.1) is 35.0 Å². The number of nitrogens with two attached hydrogens (primary N) is 1. The first-order valence-corrected chi connectivity index (χ1v) is 9.94. The van der Waals surface area contributed by atoms with Crippen molar-refractivity contribution in [3.05, 3.63) is 24.0 Å². The molecule has 3 heterocycles. The van der Waals surface area contributed by atoms with E-state index in [2.05, 4.69) is 52.4 Å². The Morgan fingerprint density at radius 1 is 1.41 bits per heavy atom. The quantitative estimate of drug-likeness (QED) is 0.723. The third kappa shape index (κ3) is 2.84. The Morgan fingerprint density at radius 3 is 3.00 bits per heavy atom. The number of rotatable bonds is 7. The molecule has 4 rings (SSSR count). The Kier molecular flexibility index (Phi) is 4.73. The monoisotopic (exact) mass is 365 g/mol. The molecule has 0 saturated carbocycles. The smallest absolute Gasteiger partial charge is 0.138 e. The number of hydrogen-bond acceptors (Lipinski definition) is 7. The molecular weight excluding hydrogens is 338 g/mol. The molecule has 0 radical (unpaired) electrons. The minimum atomic E-state index is 0.0973. The number of nitrogens with one attached hydrogen (secondary N) is 1. The molecule has 142 valence electrons. The van der Waals surface area contributed by atoms with Gasteiger partial charge in [-0.25, -0.2) is 9.98 Å². The van der Waals surface area contributed by atoms with Gasteiger partial charge in [0.2, 0.25) is 0 Å². The molecule has 7 nitrogen and oxygen atoms in total. The molecule has 0 bridgehead atoms. The van der Waals surface area contributed by atoms with Crippen LogP contribution in [0.5, 0.6) is 0 Å². The fourth-order valence-corrected chi connectivity index (χ4v) is 4.88. The highest BCUT2D eigenvalue weighted by molar-refractivity contribution is 5.97. The number of hydrazone groups is 1. The maximum absolute atomic E-state index is 9.38. The molecule has 0 aromatic heterocycles. The number of hydrogen-bond donors (Lipinski definition) is 2. The lowest BCUT2D eigenvalue weighted by Gasteiger charge is -2.43. The van der Waals surface area contributed by atoms with Gasteiger partial charge in [0.25, 0.3) is 0 Å². The van der Waals surface area contributed by atoms with Crippen molar-refractivity contribution in [2.75, 3.05) is 0 Å². The molecule has 0 amide bonds. The molecule has 3 N–H and O–H groups in total. The first-order chi connectivity index (χ1) is 13.2. The molecule has 0 fully saturated rings.